The molecule has 6 nitrogen and oxygen atoms in total. The summed E-state index contributed by atoms with van der Waals surface area (Å²) in [4.78, 5) is 23.7. The first-order valence-electron chi connectivity index (χ1n) is 6.36. The summed E-state index contributed by atoms with van der Waals surface area (Å²) in [5.41, 5.74) is 0.417. The minimum absolute atomic E-state index is 0.164. The Balaban J connectivity index is 1.90. The SMILES string of the molecule is COC(=O)c1sccc1NC(=O)COc1ccc(OC)cc1. The zero-order valence-electron chi connectivity index (χ0n) is 12.1. The van der Waals surface area contributed by atoms with E-state index in [0.717, 1.165) is 0 Å². The first kappa shape index (κ1) is 15.8. The zero-order chi connectivity index (χ0) is 15.9. The van der Waals surface area contributed by atoms with Gasteiger partial charge >= 0.3 is 5.97 Å². The van der Waals surface area contributed by atoms with Gasteiger partial charge in [-0.25, -0.2) is 4.79 Å². The smallest absolute Gasteiger partial charge is 0.350 e. The van der Waals surface area contributed by atoms with Gasteiger partial charge in [0.1, 0.15) is 16.4 Å². The maximum absolute atomic E-state index is 11.9. The van der Waals surface area contributed by atoms with Gasteiger partial charge in [-0.05, 0) is 35.7 Å². The molecule has 0 spiro atoms. The van der Waals surface area contributed by atoms with Gasteiger partial charge in [-0.15, -0.1) is 11.3 Å². The molecule has 0 fully saturated rings. The van der Waals surface area contributed by atoms with E-state index < -0.39 is 5.97 Å². The van der Waals surface area contributed by atoms with Crippen molar-refractivity contribution in [2.75, 3.05) is 26.1 Å². The predicted octanol–water partition coefficient (Wildman–Crippen LogP) is 2.56. The van der Waals surface area contributed by atoms with E-state index in [1.807, 2.05) is 0 Å². The molecular weight excluding hydrogens is 306 g/mol. The van der Waals surface area contributed by atoms with E-state index in [1.165, 1.54) is 18.4 Å². The summed E-state index contributed by atoms with van der Waals surface area (Å²) in [6.45, 7) is -0.164. The Morgan fingerprint density at radius 3 is 2.41 bits per heavy atom. The lowest BCUT2D eigenvalue weighted by atomic mass is 10.3. The van der Waals surface area contributed by atoms with Crippen LogP contribution in [0, 0.1) is 0 Å². The van der Waals surface area contributed by atoms with E-state index in [4.69, 9.17) is 9.47 Å². The van der Waals surface area contributed by atoms with Gasteiger partial charge in [0.2, 0.25) is 0 Å². The molecule has 2 aromatic rings. The Bertz CT molecular complexity index is 650. The summed E-state index contributed by atoms with van der Waals surface area (Å²) in [6, 6.07) is 8.53. The van der Waals surface area contributed by atoms with Gasteiger partial charge in [0.05, 0.1) is 19.9 Å². The molecule has 0 atom stereocenters. The molecule has 1 heterocycles. The number of rotatable bonds is 6. The van der Waals surface area contributed by atoms with Crippen LogP contribution < -0.4 is 14.8 Å². The minimum atomic E-state index is -0.485. The highest BCUT2D eigenvalue weighted by molar-refractivity contribution is 7.12. The van der Waals surface area contributed by atoms with Crippen LogP contribution in [0.2, 0.25) is 0 Å². The number of carbonyl (C=O) groups is 2. The summed E-state index contributed by atoms with van der Waals surface area (Å²) in [5.74, 6) is 0.410. The Hall–Kier alpha value is -2.54. The lowest BCUT2D eigenvalue weighted by Crippen LogP contribution is -2.21. The molecule has 2 rings (SSSR count). The molecule has 0 bridgehead atoms. The van der Waals surface area contributed by atoms with Crippen LogP contribution in [0.15, 0.2) is 35.7 Å². The van der Waals surface area contributed by atoms with Crippen molar-refractivity contribution in [1.29, 1.82) is 0 Å². The van der Waals surface area contributed by atoms with Gasteiger partial charge < -0.3 is 19.5 Å². The average Bonchev–Trinajstić information content (AvgIpc) is 3.00. The van der Waals surface area contributed by atoms with Crippen molar-refractivity contribution >= 4 is 28.9 Å². The van der Waals surface area contributed by atoms with E-state index in [0.29, 0.717) is 22.1 Å². The predicted molar refractivity (Wildman–Crippen MR) is 82.8 cm³/mol. The highest BCUT2D eigenvalue weighted by atomic mass is 32.1. The van der Waals surface area contributed by atoms with Crippen molar-refractivity contribution < 1.29 is 23.8 Å². The summed E-state index contributed by atoms with van der Waals surface area (Å²) in [7, 11) is 2.86. The fourth-order valence-corrected chi connectivity index (χ4v) is 2.43. The Morgan fingerprint density at radius 2 is 1.77 bits per heavy atom. The highest BCUT2D eigenvalue weighted by Gasteiger charge is 2.15. The normalized spacial score (nSPS) is 9.91. The van der Waals surface area contributed by atoms with E-state index in [1.54, 1.807) is 42.8 Å². The Labute approximate surface area is 131 Å². The number of nitrogens with one attached hydrogen (secondary N) is 1. The lowest BCUT2D eigenvalue weighted by molar-refractivity contribution is -0.118. The number of ether oxygens (including phenoxy) is 3. The number of amides is 1. The van der Waals surface area contributed by atoms with Gasteiger partial charge in [0, 0.05) is 0 Å². The monoisotopic (exact) mass is 321 g/mol. The van der Waals surface area contributed by atoms with E-state index in [-0.39, 0.29) is 12.5 Å². The van der Waals surface area contributed by atoms with Crippen molar-refractivity contribution in [1.82, 2.24) is 0 Å². The van der Waals surface area contributed by atoms with Crippen molar-refractivity contribution in [3.05, 3.63) is 40.6 Å². The fourth-order valence-electron chi connectivity index (χ4n) is 1.67. The van der Waals surface area contributed by atoms with E-state index in [9.17, 15) is 9.59 Å². The largest absolute Gasteiger partial charge is 0.497 e. The maximum atomic E-state index is 11.9. The number of hydrogen-bond donors (Lipinski definition) is 1. The maximum Gasteiger partial charge on any atom is 0.350 e. The average molecular weight is 321 g/mol. The number of hydrogen-bond acceptors (Lipinski definition) is 6. The van der Waals surface area contributed by atoms with Crippen LogP contribution >= 0.6 is 11.3 Å². The number of methoxy groups -OCH3 is 2. The topological polar surface area (TPSA) is 73.9 Å². The molecule has 1 aromatic heterocycles. The van der Waals surface area contributed by atoms with Gasteiger partial charge in [-0.3, -0.25) is 4.79 Å². The van der Waals surface area contributed by atoms with Crippen LogP contribution in [0.5, 0.6) is 11.5 Å². The Kier molecular flexibility index (Phi) is 5.37. The summed E-state index contributed by atoms with van der Waals surface area (Å²) in [6.07, 6.45) is 0. The number of carbonyl (C=O) groups excluding carboxylic acids is 2. The first-order chi connectivity index (χ1) is 10.6. The van der Waals surface area contributed by atoms with Crippen LogP contribution in [-0.4, -0.2) is 32.7 Å². The summed E-state index contributed by atoms with van der Waals surface area (Å²) in [5, 5.41) is 4.32. The zero-order valence-corrected chi connectivity index (χ0v) is 12.9. The van der Waals surface area contributed by atoms with Crippen LogP contribution in [0.1, 0.15) is 9.67 Å². The second-order valence-corrected chi connectivity index (χ2v) is 5.08. The van der Waals surface area contributed by atoms with E-state index >= 15 is 0 Å². The van der Waals surface area contributed by atoms with Gasteiger partial charge in [-0.1, -0.05) is 0 Å². The molecule has 0 aliphatic carbocycles. The summed E-state index contributed by atoms with van der Waals surface area (Å²) < 4.78 is 15.0. The third-order valence-electron chi connectivity index (χ3n) is 2.74. The van der Waals surface area contributed by atoms with Crippen LogP contribution in [0.25, 0.3) is 0 Å². The molecule has 7 heteroatoms. The Morgan fingerprint density at radius 1 is 1.09 bits per heavy atom. The molecule has 0 aliphatic heterocycles. The number of esters is 1. The molecule has 0 saturated heterocycles. The minimum Gasteiger partial charge on any atom is -0.497 e. The van der Waals surface area contributed by atoms with Crippen molar-refractivity contribution in [3.8, 4) is 11.5 Å². The highest BCUT2D eigenvalue weighted by Crippen LogP contribution is 2.23. The van der Waals surface area contributed by atoms with Crippen molar-refractivity contribution in [2.24, 2.45) is 0 Å². The molecule has 1 amide bonds. The summed E-state index contributed by atoms with van der Waals surface area (Å²) >= 11 is 1.20. The van der Waals surface area contributed by atoms with Crippen LogP contribution in [0.4, 0.5) is 5.69 Å². The second-order valence-electron chi connectivity index (χ2n) is 4.17. The second kappa shape index (κ2) is 7.46. The molecular formula is C15H15NO5S. The van der Waals surface area contributed by atoms with Crippen molar-refractivity contribution in [3.63, 3.8) is 0 Å². The molecule has 116 valence electrons. The van der Waals surface area contributed by atoms with E-state index in [2.05, 4.69) is 10.1 Å². The van der Waals surface area contributed by atoms with Gasteiger partial charge in [0.15, 0.2) is 6.61 Å². The molecule has 0 aliphatic rings. The molecule has 1 aromatic carbocycles. The quantitative estimate of drug-likeness (QED) is 0.828. The number of thiophene rings is 1. The third kappa shape index (κ3) is 3.98. The van der Waals surface area contributed by atoms with Crippen molar-refractivity contribution in [2.45, 2.75) is 0 Å². The number of anilines is 1. The molecule has 0 unspecified atom stereocenters. The molecule has 1 N–H and O–H groups in total. The fraction of sp³-hybridized carbons (Fsp3) is 0.200. The third-order valence-corrected chi connectivity index (χ3v) is 3.63. The molecule has 0 saturated carbocycles. The first-order valence-corrected chi connectivity index (χ1v) is 7.24. The van der Waals surface area contributed by atoms with Gasteiger partial charge in [0.25, 0.3) is 5.91 Å². The molecule has 0 radical (unpaired) electrons. The number of benzene rings is 1. The molecule has 22 heavy (non-hydrogen) atoms. The lowest BCUT2D eigenvalue weighted by Gasteiger charge is -2.08. The van der Waals surface area contributed by atoms with Crippen LogP contribution in [0.3, 0.4) is 0 Å². The van der Waals surface area contributed by atoms with Gasteiger partial charge in [-0.2, -0.15) is 0 Å². The van der Waals surface area contributed by atoms with Crippen LogP contribution in [-0.2, 0) is 9.53 Å². The standard InChI is InChI=1S/C15H15NO5S/c1-19-10-3-5-11(6-4-10)21-9-13(17)16-12-7-8-22-14(12)15(18)20-2/h3-8H,9H2,1-2H3,(H,16,17).